The number of piperazine rings is 1. The highest BCUT2D eigenvalue weighted by molar-refractivity contribution is 5.94. The standard InChI is InChI=1S/C20H29N3O4/c1-15(21-17(3)25)20(26)23-12-10-22(11-13-23)9-4-14-27-19-7-5-18(6-8-19)16(2)24/h5-8,15H,4,9-14H2,1-3H3,(H,21,25). The van der Waals surface area contributed by atoms with Crippen LogP contribution in [0.4, 0.5) is 0 Å². The number of benzene rings is 1. The van der Waals surface area contributed by atoms with Gasteiger partial charge in [0.25, 0.3) is 0 Å². The molecule has 27 heavy (non-hydrogen) atoms. The molecule has 0 saturated carbocycles. The lowest BCUT2D eigenvalue weighted by atomic mass is 10.1. The molecule has 148 valence electrons. The van der Waals surface area contributed by atoms with Crippen LogP contribution >= 0.6 is 0 Å². The summed E-state index contributed by atoms with van der Waals surface area (Å²) in [5.41, 5.74) is 0.683. The van der Waals surface area contributed by atoms with Crippen molar-refractivity contribution in [2.75, 3.05) is 39.3 Å². The Morgan fingerprint density at radius 3 is 2.26 bits per heavy atom. The summed E-state index contributed by atoms with van der Waals surface area (Å²) in [5, 5.41) is 2.64. The number of rotatable bonds is 8. The minimum atomic E-state index is -0.475. The van der Waals surface area contributed by atoms with E-state index in [4.69, 9.17) is 4.74 Å². The molecule has 0 aromatic heterocycles. The Balaban J connectivity index is 1.64. The zero-order chi connectivity index (χ0) is 19.8. The molecule has 1 aromatic carbocycles. The molecule has 0 bridgehead atoms. The Hall–Kier alpha value is -2.41. The Morgan fingerprint density at radius 2 is 1.70 bits per heavy atom. The predicted molar refractivity (Wildman–Crippen MR) is 103 cm³/mol. The van der Waals surface area contributed by atoms with E-state index >= 15 is 0 Å². The van der Waals surface area contributed by atoms with Gasteiger partial charge in [0.2, 0.25) is 11.8 Å². The monoisotopic (exact) mass is 375 g/mol. The average Bonchev–Trinajstić information content (AvgIpc) is 2.65. The van der Waals surface area contributed by atoms with E-state index in [2.05, 4.69) is 10.2 Å². The van der Waals surface area contributed by atoms with E-state index < -0.39 is 6.04 Å². The van der Waals surface area contributed by atoms with Crippen molar-refractivity contribution in [1.29, 1.82) is 0 Å². The maximum Gasteiger partial charge on any atom is 0.244 e. The number of hydrogen-bond donors (Lipinski definition) is 1. The molecule has 7 heteroatoms. The minimum absolute atomic E-state index is 0.0257. The van der Waals surface area contributed by atoms with Crippen molar-refractivity contribution in [2.24, 2.45) is 0 Å². The Bertz CT molecular complexity index is 652. The SMILES string of the molecule is CC(=O)NC(C)C(=O)N1CCN(CCCOc2ccc(C(C)=O)cc2)CC1. The summed E-state index contributed by atoms with van der Waals surface area (Å²) in [6.45, 7) is 9.21. The van der Waals surface area contributed by atoms with E-state index in [1.54, 1.807) is 26.0 Å². The van der Waals surface area contributed by atoms with Crippen LogP contribution < -0.4 is 10.1 Å². The number of carbonyl (C=O) groups excluding carboxylic acids is 3. The lowest BCUT2D eigenvalue weighted by Gasteiger charge is -2.36. The number of ether oxygens (including phenoxy) is 1. The molecule has 7 nitrogen and oxygen atoms in total. The lowest BCUT2D eigenvalue weighted by Crippen LogP contribution is -2.54. The first kappa shape index (κ1) is 20.9. The number of nitrogens with zero attached hydrogens (tertiary/aromatic N) is 2. The quantitative estimate of drug-likeness (QED) is 0.548. The third-order valence-electron chi connectivity index (χ3n) is 4.62. The summed E-state index contributed by atoms with van der Waals surface area (Å²) in [6, 6.07) is 6.71. The molecule has 1 unspecified atom stereocenters. The van der Waals surface area contributed by atoms with E-state index in [1.165, 1.54) is 6.92 Å². The molecule has 0 spiro atoms. The Kier molecular flexibility index (Phi) is 7.79. The molecule has 2 rings (SSSR count). The van der Waals surface area contributed by atoms with Gasteiger partial charge in [-0.1, -0.05) is 0 Å². The molecule has 1 N–H and O–H groups in total. The number of nitrogens with one attached hydrogen (secondary N) is 1. The van der Waals surface area contributed by atoms with Gasteiger partial charge >= 0.3 is 0 Å². The number of Topliss-reactive ketones (excluding diaryl/α,β-unsaturated/α-hetero) is 1. The van der Waals surface area contributed by atoms with Crippen molar-refractivity contribution < 1.29 is 19.1 Å². The van der Waals surface area contributed by atoms with Gasteiger partial charge < -0.3 is 15.0 Å². The third kappa shape index (κ3) is 6.67. The van der Waals surface area contributed by atoms with Gasteiger partial charge in [-0.25, -0.2) is 0 Å². The summed E-state index contributed by atoms with van der Waals surface area (Å²) in [7, 11) is 0. The molecular weight excluding hydrogens is 346 g/mol. The van der Waals surface area contributed by atoms with Crippen molar-refractivity contribution in [2.45, 2.75) is 33.2 Å². The summed E-state index contributed by atoms with van der Waals surface area (Å²) in [5.74, 6) is 0.598. The van der Waals surface area contributed by atoms with Gasteiger partial charge in [0.15, 0.2) is 5.78 Å². The molecule has 1 aromatic rings. The van der Waals surface area contributed by atoms with Gasteiger partial charge in [0, 0.05) is 45.2 Å². The van der Waals surface area contributed by atoms with Crippen molar-refractivity contribution in [1.82, 2.24) is 15.1 Å². The molecule has 1 aliphatic rings. The van der Waals surface area contributed by atoms with Gasteiger partial charge in [-0.3, -0.25) is 19.3 Å². The number of ketones is 1. The number of amides is 2. The summed E-state index contributed by atoms with van der Waals surface area (Å²) in [4.78, 5) is 38.7. The molecule has 1 atom stereocenters. The highest BCUT2D eigenvalue weighted by Gasteiger charge is 2.24. The fourth-order valence-corrected chi connectivity index (χ4v) is 3.10. The van der Waals surface area contributed by atoms with E-state index in [0.29, 0.717) is 25.3 Å². The number of carbonyl (C=O) groups is 3. The van der Waals surface area contributed by atoms with Crippen LogP contribution in [-0.4, -0.2) is 72.8 Å². The summed E-state index contributed by atoms with van der Waals surface area (Å²) in [6.07, 6.45) is 0.894. The topological polar surface area (TPSA) is 79.0 Å². The normalized spacial score (nSPS) is 15.9. The van der Waals surface area contributed by atoms with Crippen LogP contribution in [0, 0.1) is 0 Å². The van der Waals surface area contributed by atoms with E-state index in [0.717, 1.165) is 31.8 Å². The van der Waals surface area contributed by atoms with Crippen molar-refractivity contribution in [3.63, 3.8) is 0 Å². The van der Waals surface area contributed by atoms with Gasteiger partial charge in [0.05, 0.1) is 6.61 Å². The fourth-order valence-electron chi connectivity index (χ4n) is 3.10. The second kappa shape index (κ2) is 10.1. The highest BCUT2D eigenvalue weighted by atomic mass is 16.5. The predicted octanol–water partition coefficient (Wildman–Crippen LogP) is 1.33. The van der Waals surface area contributed by atoms with Gasteiger partial charge in [0.1, 0.15) is 11.8 Å². The van der Waals surface area contributed by atoms with Crippen molar-refractivity contribution in [3.05, 3.63) is 29.8 Å². The van der Waals surface area contributed by atoms with E-state index in [-0.39, 0.29) is 17.6 Å². The Labute approximate surface area is 160 Å². The first-order valence-electron chi connectivity index (χ1n) is 9.39. The van der Waals surface area contributed by atoms with Gasteiger partial charge in [-0.05, 0) is 44.5 Å². The molecular formula is C20H29N3O4. The molecule has 1 heterocycles. The molecule has 1 aliphatic heterocycles. The fraction of sp³-hybridized carbons (Fsp3) is 0.550. The van der Waals surface area contributed by atoms with E-state index in [1.807, 2.05) is 17.0 Å². The van der Waals surface area contributed by atoms with E-state index in [9.17, 15) is 14.4 Å². The minimum Gasteiger partial charge on any atom is -0.494 e. The van der Waals surface area contributed by atoms with Crippen LogP contribution in [0.25, 0.3) is 0 Å². The summed E-state index contributed by atoms with van der Waals surface area (Å²) < 4.78 is 5.72. The smallest absolute Gasteiger partial charge is 0.244 e. The van der Waals surface area contributed by atoms with Crippen LogP contribution in [0.1, 0.15) is 37.6 Å². The third-order valence-corrected chi connectivity index (χ3v) is 4.62. The van der Waals surface area contributed by atoms with Crippen LogP contribution in [0.3, 0.4) is 0 Å². The van der Waals surface area contributed by atoms with Crippen LogP contribution in [-0.2, 0) is 9.59 Å². The summed E-state index contributed by atoms with van der Waals surface area (Å²) >= 11 is 0. The van der Waals surface area contributed by atoms with Gasteiger partial charge in [-0.15, -0.1) is 0 Å². The van der Waals surface area contributed by atoms with Crippen molar-refractivity contribution >= 4 is 17.6 Å². The average molecular weight is 375 g/mol. The zero-order valence-electron chi connectivity index (χ0n) is 16.4. The first-order chi connectivity index (χ1) is 12.9. The van der Waals surface area contributed by atoms with Crippen LogP contribution in [0.2, 0.25) is 0 Å². The molecule has 2 amide bonds. The zero-order valence-corrected chi connectivity index (χ0v) is 16.4. The number of hydrogen-bond acceptors (Lipinski definition) is 5. The molecule has 0 radical (unpaired) electrons. The first-order valence-corrected chi connectivity index (χ1v) is 9.39. The van der Waals surface area contributed by atoms with Crippen LogP contribution in [0.5, 0.6) is 5.75 Å². The maximum absolute atomic E-state index is 12.3. The van der Waals surface area contributed by atoms with Crippen molar-refractivity contribution in [3.8, 4) is 5.75 Å². The largest absolute Gasteiger partial charge is 0.494 e. The highest BCUT2D eigenvalue weighted by Crippen LogP contribution is 2.13. The Morgan fingerprint density at radius 1 is 1.07 bits per heavy atom. The molecule has 0 aliphatic carbocycles. The maximum atomic E-state index is 12.3. The second-order valence-corrected chi connectivity index (χ2v) is 6.87. The lowest BCUT2D eigenvalue weighted by molar-refractivity contribution is -0.137. The van der Waals surface area contributed by atoms with Gasteiger partial charge in [-0.2, -0.15) is 0 Å². The second-order valence-electron chi connectivity index (χ2n) is 6.87. The molecule has 1 fully saturated rings. The molecule has 1 saturated heterocycles. The van der Waals surface area contributed by atoms with Crippen LogP contribution in [0.15, 0.2) is 24.3 Å².